The summed E-state index contributed by atoms with van der Waals surface area (Å²) in [6.45, 7) is 6.55. The van der Waals surface area contributed by atoms with Crippen molar-refractivity contribution in [1.29, 1.82) is 0 Å². The molecule has 0 bridgehead atoms. The topological polar surface area (TPSA) is 12.0 Å². The Kier molecular flexibility index (Phi) is 4.74. The number of halogens is 2. The molecule has 0 aromatic carbocycles. The number of nitrogens with one attached hydrogen (secondary N) is 1. The van der Waals surface area contributed by atoms with Gasteiger partial charge in [0.1, 0.15) is 6.17 Å². The summed E-state index contributed by atoms with van der Waals surface area (Å²) in [4.78, 5) is 1.09. The third-order valence-corrected chi connectivity index (χ3v) is 3.55. The Morgan fingerprint density at radius 1 is 1.47 bits per heavy atom. The molecule has 4 heteroatoms. The first-order chi connectivity index (χ1) is 6.87. The zero-order valence-electron chi connectivity index (χ0n) is 9.31. The highest BCUT2D eigenvalue weighted by molar-refractivity contribution is 9.11. The second-order valence-corrected chi connectivity index (χ2v) is 7.19. The lowest BCUT2D eigenvalue weighted by Crippen LogP contribution is -2.40. The normalized spacial score (nSPS) is 14.2. The van der Waals surface area contributed by atoms with Crippen LogP contribution in [0.3, 0.4) is 0 Å². The molecule has 1 atom stereocenters. The van der Waals surface area contributed by atoms with Crippen molar-refractivity contribution in [1.82, 2.24) is 5.32 Å². The van der Waals surface area contributed by atoms with Gasteiger partial charge in [-0.05, 0) is 48.8 Å². The van der Waals surface area contributed by atoms with Gasteiger partial charge in [-0.2, -0.15) is 0 Å². The fourth-order valence-corrected chi connectivity index (χ4v) is 2.71. The van der Waals surface area contributed by atoms with Crippen LogP contribution in [0.1, 0.15) is 25.6 Å². The predicted molar refractivity (Wildman–Crippen MR) is 68.4 cm³/mol. The quantitative estimate of drug-likeness (QED) is 0.891. The highest BCUT2D eigenvalue weighted by Crippen LogP contribution is 2.23. The van der Waals surface area contributed by atoms with Crippen molar-refractivity contribution >= 4 is 27.3 Å². The molecule has 0 spiro atoms. The number of hydrogen-bond acceptors (Lipinski definition) is 2. The van der Waals surface area contributed by atoms with Gasteiger partial charge in [-0.15, -0.1) is 11.3 Å². The summed E-state index contributed by atoms with van der Waals surface area (Å²) < 4.78 is 14.6. The average molecular weight is 294 g/mol. The summed E-state index contributed by atoms with van der Waals surface area (Å²) in [5.74, 6) is 0. The van der Waals surface area contributed by atoms with Gasteiger partial charge in [0.05, 0.1) is 3.79 Å². The minimum atomic E-state index is -0.810. The summed E-state index contributed by atoms with van der Waals surface area (Å²) in [5, 5.41) is 3.17. The van der Waals surface area contributed by atoms with E-state index in [0.29, 0.717) is 13.0 Å². The van der Waals surface area contributed by atoms with Crippen LogP contribution in [-0.2, 0) is 6.42 Å². The summed E-state index contributed by atoms with van der Waals surface area (Å²) in [5.41, 5.74) is -0.0135. The molecule has 1 N–H and O–H groups in total. The summed E-state index contributed by atoms with van der Waals surface area (Å²) in [6.07, 6.45) is -0.311. The maximum absolute atomic E-state index is 13.6. The monoisotopic (exact) mass is 293 g/mol. The lowest BCUT2D eigenvalue weighted by molar-refractivity contribution is 0.285. The van der Waals surface area contributed by atoms with Gasteiger partial charge in [0.25, 0.3) is 0 Å². The van der Waals surface area contributed by atoms with Gasteiger partial charge in [-0.25, -0.2) is 4.39 Å². The second-order valence-electron chi connectivity index (χ2n) is 4.64. The Bertz CT molecular complexity index is 306. The zero-order valence-corrected chi connectivity index (χ0v) is 11.7. The van der Waals surface area contributed by atoms with Crippen molar-refractivity contribution in [2.24, 2.45) is 0 Å². The fourth-order valence-electron chi connectivity index (χ4n) is 1.17. The van der Waals surface area contributed by atoms with Crippen molar-refractivity contribution in [3.8, 4) is 0 Å². The highest BCUT2D eigenvalue weighted by Gasteiger charge is 2.14. The Balaban J connectivity index is 2.33. The molecule has 0 aliphatic carbocycles. The van der Waals surface area contributed by atoms with Gasteiger partial charge < -0.3 is 5.32 Å². The van der Waals surface area contributed by atoms with Crippen LogP contribution in [0.4, 0.5) is 4.39 Å². The van der Waals surface area contributed by atoms with Crippen molar-refractivity contribution < 1.29 is 4.39 Å². The lowest BCUT2D eigenvalue weighted by Gasteiger charge is -2.21. The zero-order chi connectivity index (χ0) is 11.5. The van der Waals surface area contributed by atoms with Gasteiger partial charge in [-0.3, -0.25) is 0 Å². The highest BCUT2D eigenvalue weighted by atomic mass is 79.9. The second kappa shape index (κ2) is 5.41. The first kappa shape index (κ1) is 13.1. The summed E-state index contributed by atoms with van der Waals surface area (Å²) >= 11 is 4.97. The molecule has 0 saturated carbocycles. The molecule has 0 amide bonds. The molecule has 1 heterocycles. The SMILES string of the molecule is CC(C)(C)NCC(F)Cc1ccc(Br)s1. The Morgan fingerprint density at radius 2 is 2.13 bits per heavy atom. The molecule has 0 saturated heterocycles. The standard InChI is InChI=1S/C11H17BrFNS/c1-11(2,3)14-7-8(13)6-9-4-5-10(12)15-9/h4-5,8,14H,6-7H2,1-3H3. The third kappa shape index (κ3) is 5.64. The van der Waals surface area contributed by atoms with Gasteiger partial charge in [-0.1, -0.05) is 0 Å². The maximum atomic E-state index is 13.6. The molecule has 1 aromatic rings. The number of hydrogen-bond donors (Lipinski definition) is 1. The van der Waals surface area contributed by atoms with E-state index in [1.807, 2.05) is 32.9 Å². The van der Waals surface area contributed by atoms with E-state index >= 15 is 0 Å². The van der Waals surface area contributed by atoms with E-state index in [4.69, 9.17) is 0 Å². The van der Waals surface area contributed by atoms with E-state index in [1.54, 1.807) is 11.3 Å². The third-order valence-electron chi connectivity index (χ3n) is 1.91. The van der Waals surface area contributed by atoms with E-state index in [-0.39, 0.29) is 5.54 Å². The van der Waals surface area contributed by atoms with Crippen LogP contribution in [0.15, 0.2) is 15.9 Å². The van der Waals surface area contributed by atoms with Crippen LogP contribution in [0.25, 0.3) is 0 Å². The molecule has 1 unspecified atom stereocenters. The first-order valence-corrected chi connectivity index (χ1v) is 6.61. The largest absolute Gasteiger partial charge is 0.309 e. The van der Waals surface area contributed by atoms with Gasteiger partial charge in [0.2, 0.25) is 0 Å². The first-order valence-electron chi connectivity index (χ1n) is 5.00. The maximum Gasteiger partial charge on any atom is 0.117 e. The van der Waals surface area contributed by atoms with Crippen LogP contribution in [0, 0.1) is 0 Å². The lowest BCUT2D eigenvalue weighted by atomic mass is 10.1. The molecule has 1 nitrogen and oxygen atoms in total. The van der Waals surface area contributed by atoms with Crippen LogP contribution >= 0.6 is 27.3 Å². The van der Waals surface area contributed by atoms with Gasteiger partial charge in [0.15, 0.2) is 0 Å². The van der Waals surface area contributed by atoms with Crippen LogP contribution in [-0.4, -0.2) is 18.3 Å². The molecule has 0 aliphatic rings. The van der Waals surface area contributed by atoms with E-state index in [1.165, 1.54) is 0 Å². The van der Waals surface area contributed by atoms with Crippen LogP contribution < -0.4 is 5.32 Å². The molecule has 0 fully saturated rings. The van der Waals surface area contributed by atoms with Crippen LogP contribution in [0.2, 0.25) is 0 Å². The van der Waals surface area contributed by atoms with E-state index < -0.39 is 6.17 Å². The van der Waals surface area contributed by atoms with Gasteiger partial charge >= 0.3 is 0 Å². The average Bonchev–Trinajstić information content (AvgIpc) is 2.47. The number of rotatable bonds is 4. The Labute approximate surface area is 103 Å². The smallest absolute Gasteiger partial charge is 0.117 e. The molecule has 0 radical (unpaired) electrons. The number of thiophene rings is 1. The summed E-state index contributed by atoms with van der Waals surface area (Å²) in [6, 6.07) is 3.93. The number of alkyl halides is 1. The van der Waals surface area contributed by atoms with Crippen molar-refractivity contribution in [2.45, 2.75) is 38.9 Å². The Hall–Kier alpha value is 0.0700. The molecular weight excluding hydrogens is 277 g/mol. The molecule has 86 valence electrons. The van der Waals surface area contributed by atoms with Gasteiger partial charge in [0, 0.05) is 23.4 Å². The van der Waals surface area contributed by atoms with E-state index in [9.17, 15) is 4.39 Å². The molecule has 15 heavy (non-hydrogen) atoms. The summed E-state index contributed by atoms with van der Waals surface area (Å²) in [7, 11) is 0. The fraction of sp³-hybridized carbons (Fsp3) is 0.636. The minimum absolute atomic E-state index is 0.0135. The van der Waals surface area contributed by atoms with Crippen molar-refractivity contribution in [2.75, 3.05) is 6.54 Å². The van der Waals surface area contributed by atoms with E-state index in [0.717, 1.165) is 8.66 Å². The molecule has 1 aromatic heterocycles. The van der Waals surface area contributed by atoms with Crippen molar-refractivity contribution in [3.63, 3.8) is 0 Å². The molecule has 1 rings (SSSR count). The van der Waals surface area contributed by atoms with Crippen LogP contribution in [0.5, 0.6) is 0 Å². The Morgan fingerprint density at radius 3 is 2.60 bits per heavy atom. The van der Waals surface area contributed by atoms with E-state index in [2.05, 4.69) is 21.2 Å². The minimum Gasteiger partial charge on any atom is -0.309 e. The molecular formula is C11H17BrFNS. The predicted octanol–water partition coefficient (Wildman–Crippen LogP) is 3.78. The van der Waals surface area contributed by atoms with Crippen molar-refractivity contribution in [3.05, 3.63) is 20.8 Å². The molecule has 0 aliphatic heterocycles.